The summed E-state index contributed by atoms with van der Waals surface area (Å²) in [4.78, 5) is 20.6. The molecule has 3 atom stereocenters. The van der Waals surface area contributed by atoms with Crippen molar-refractivity contribution in [3.63, 3.8) is 0 Å². The summed E-state index contributed by atoms with van der Waals surface area (Å²) in [7, 11) is 0. The normalized spacial score (nSPS) is 26.7. The van der Waals surface area contributed by atoms with Gasteiger partial charge in [-0.1, -0.05) is 25.5 Å². The number of nitrogens with one attached hydrogen (secondary N) is 2. The second-order valence-electron chi connectivity index (χ2n) is 5.67. The van der Waals surface area contributed by atoms with Crippen LogP contribution in [-0.4, -0.2) is 37.1 Å². The number of carboxylic acids is 2. The van der Waals surface area contributed by atoms with Gasteiger partial charge in [0.05, 0.1) is 11.9 Å². The molecule has 0 aromatic heterocycles. The van der Waals surface area contributed by atoms with Crippen LogP contribution in [0.15, 0.2) is 12.2 Å². The number of hydrogen-bond acceptors (Lipinski definition) is 6. The maximum absolute atomic E-state index is 10.4. The first-order chi connectivity index (χ1) is 9.93. The minimum Gasteiger partial charge on any atom is -0.548 e. The summed E-state index contributed by atoms with van der Waals surface area (Å²) in [6.45, 7) is 7.30. The summed E-state index contributed by atoms with van der Waals surface area (Å²) in [5.41, 5.74) is 1.07. The molecular formula is C15H24N2Na2O4. The number of hydrogen-bond donors (Lipinski definition) is 2. The van der Waals surface area contributed by atoms with Crippen LogP contribution in [0.25, 0.3) is 0 Å². The topological polar surface area (TPSA) is 104 Å². The molecule has 0 aromatic rings. The molecule has 0 unspecified atom stereocenters. The quantitative estimate of drug-likeness (QED) is 0.390. The first-order valence-electron chi connectivity index (χ1n) is 7.49. The number of carboxylic acid groups (broad SMARTS) is 2. The van der Waals surface area contributed by atoms with Crippen LogP contribution in [0.5, 0.6) is 0 Å². The Morgan fingerprint density at radius 3 is 2.00 bits per heavy atom. The number of carbonyl (C=O) groups is 2. The van der Waals surface area contributed by atoms with Crippen LogP contribution in [0.4, 0.5) is 0 Å². The largest absolute Gasteiger partial charge is 1.00 e. The Balaban J connectivity index is 0. The molecule has 2 aliphatic heterocycles. The van der Waals surface area contributed by atoms with E-state index in [9.17, 15) is 19.8 Å². The van der Waals surface area contributed by atoms with Gasteiger partial charge in [0.15, 0.2) is 0 Å². The molecule has 2 N–H and O–H groups in total. The van der Waals surface area contributed by atoms with E-state index in [0.29, 0.717) is 18.9 Å². The van der Waals surface area contributed by atoms with Gasteiger partial charge in [-0.05, 0) is 38.1 Å². The number of piperidine rings is 2. The van der Waals surface area contributed by atoms with Gasteiger partial charge in [-0.25, -0.2) is 0 Å². The van der Waals surface area contributed by atoms with E-state index in [0.717, 1.165) is 37.8 Å². The first-order valence-corrected chi connectivity index (χ1v) is 7.49. The van der Waals surface area contributed by atoms with Crippen molar-refractivity contribution < 1.29 is 78.9 Å². The molecule has 0 aliphatic carbocycles. The van der Waals surface area contributed by atoms with Crippen LogP contribution in [0.1, 0.15) is 39.0 Å². The van der Waals surface area contributed by atoms with Gasteiger partial charge in [-0.2, -0.15) is 0 Å². The van der Waals surface area contributed by atoms with E-state index < -0.39 is 24.0 Å². The number of aliphatic carboxylic acids is 2. The van der Waals surface area contributed by atoms with Crippen molar-refractivity contribution in [1.82, 2.24) is 10.6 Å². The first kappa shape index (κ1) is 25.8. The molecule has 2 fully saturated rings. The second kappa shape index (κ2) is 13.8. The van der Waals surface area contributed by atoms with Gasteiger partial charge in [0, 0.05) is 18.6 Å². The molecular weight excluding hydrogens is 318 g/mol. The van der Waals surface area contributed by atoms with E-state index in [4.69, 9.17) is 0 Å². The predicted molar refractivity (Wildman–Crippen MR) is 75.0 cm³/mol. The molecule has 0 radical (unpaired) electrons. The minimum atomic E-state index is -1.01. The molecule has 2 rings (SSSR count). The van der Waals surface area contributed by atoms with Crippen molar-refractivity contribution in [2.24, 2.45) is 5.92 Å². The third-order valence-electron chi connectivity index (χ3n) is 4.05. The summed E-state index contributed by atoms with van der Waals surface area (Å²) in [6, 6.07) is -0.872. The summed E-state index contributed by atoms with van der Waals surface area (Å²) < 4.78 is 0. The Morgan fingerprint density at radius 2 is 1.65 bits per heavy atom. The smallest absolute Gasteiger partial charge is 0.548 e. The summed E-state index contributed by atoms with van der Waals surface area (Å²) in [5.74, 6) is -1.31. The third-order valence-corrected chi connectivity index (χ3v) is 4.05. The Kier molecular flexibility index (Phi) is 15.5. The Labute approximate surface area is 182 Å². The molecule has 0 aromatic carbocycles. The van der Waals surface area contributed by atoms with Crippen LogP contribution < -0.4 is 80.0 Å². The Morgan fingerprint density at radius 1 is 1.09 bits per heavy atom. The maximum Gasteiger partial charge on any atom is 1.00 e. The SMILES string of the molecule is C=C1CC[C@@H](C(=O)[O-])NC1.CC[C@@H]1CC[C@@H](C(=O)[O-])NC1.[Na+].[Na+]. The van der Waals surface area contributed by atoms with Gasteiger partial charge in [0.2, 0.25) is 0 Å². The Bertz CT molecular complexity index is 376. The van der Waals surface area contributed by atoms with E-state index in [1.54, 1.807) is 0 Å². The van der Waals surface area contributed by atoms with E-state index >= 15 is 0 Å². The van der Waals surface area contributed by atoms with Crippen molar-refractivity contribution >= 4 is 11.9 Å². The third kappa shape index (κ3) is 10.2. The van der Waals surface area contributed by atoms with E-state index in [1.165, 1.54) is 0 Å². The molecule has 2 aliphatic rings. The van der Waals surface area contributed by atoms with Gasteiger partial charge in [-0.3, -0.25) is 0 Å². The monoisotopic (exact) mass is 342 g/mol. The molecule has 8 heteroatoms. The molecule has 0 saturated carbocycles. The average Bonchev–Trinajstić information content (AvgIpc) is 2.48. The van der Waals surface area contributed by atoms with Crippen LogP contribution in [0.3, 0.4) is 0 Å². The van der Waals surface area contributed by atoms with Gasteiger partial charge >= 0.3 is 59.1 Å². The van der Waals surface area contributed by atoms with Crippen molar-refractivity contribution in [3.8, 4) is 0 Å². The fraction of sp³-hybridized carbons (Fsp3) is 0.733. The molecule has 120 valence electrons. The molecule has 0 spiro atoms. The molecule has 6 nitrogen and oxygen atoms in total. The molecule has 0 amide bonds. The van der Waals surface area contributed by atoms with Crippen LogP contribution >= 0.6 is 0 Å². The Hall–Kier alpha value is 0.600. The minimum absolute atomic E-state index is 0. The van der Waals surface area contributed by atoms with Gasteiger partial charge in [0.1, 0.15) is 0 Å². The number of rotatable bonds is 3. The summed E-state index contributed by atoms with van der Waals surface area (Å²) in [6.07, 6.45) is 4.28. The van der Waals surface area contributed by atoms with Crippen molar-refractivity contribution in [1.29, 1.82) is 0 Å². The maximum atomic E-state index is 10.4. The average molecular weight is 342 g/mol. The zero-order valence-electron chi connectivity index (χ0n) is 14.5. The van der Waals surface area contributed by atoms with Crippen molar-refractivity contribution in [2.45, 2.75) is 51.1 Å². The predicted octanol–water partition coefficient (Wildman–Crippen LogP) is -7.43. The summed E-state index contributed by atoms with van der Waals surface area (Å²) in [5, 5.41) is 26.4. The molecule has 23 heavy (non-hydrogen) atoms. The van der Waals surface area contributed by atoms with Gasteiger partial charge in [0.25, 0.3) is 0 Å². The van der Waals surface area contributed by atoms with Crippen LogP contribution in [0.2, 0.25) is 0 Å². The van der Waals surface area contributed by atoms with E-state index in [-0.39, 0.29) is 59.1 Å². The zero-order valence-corrected chi connectivity index (χ0v) is 18.5. The number of carbonyl (C=O) groups excluding carboxylic acids is 2. The van der Waals surface area contributed by atoms with Crippen LogP contribution in [0, 0.1) is 5.92 Å². The fourth-order valence-electron chi connectivity index (χ4n) is 2.47. The molecule has 2 saturated heterocycles. The van der Waals surface area contributed by atoms with Gasteiger partial charge in [-0.15, -0.1) is 0 Å². The molecule has 0 bridgehead atoms. The summed E-state index contributed by atoms with van der Waals surface area (Å²) >= 11 is 0. The second-order valence-corrected chi connectivity index (χ2v) is 5.67. The molecule has 2 heterocycles. The zero-order chi connectivity index (χ0) is 15.8. The van der Waals surface area contributed by atoms with E-state index in [1.807, 2.05) is 0 Å². The van der Waals surface area contributed by atoms with Crippen molar-refractivity contribution in [2.75, 3.05) is 13.1 Å². The van der Waals surface area contributed by atoms with Crippen LogP contribution in [-0.2, 0) is 9.59 Å². The van der Waals surface area contributed by atoms with Gasteiger partial charge < -0.3 is 30.4 Å². The fourth-order valence-corrected chi connectivity index (χ4v) is 2.47. The standard InChI is InChI=1S/C8H15NO2.C7H11NO2.2Na/c1-2-6-3-4-7(8(10)11)9-5-6;1-5-2-3-6(7(9)10)8-4-5;;/h6-7,9H,2-5H2,1H3,(H,10,11);6,8H,1-4H2,(H,9,10);;/q;;2*+1/p-2/t6-,7+;6-;;/m10../s1. The van der Waals surface area contributed by atoms with Crippen molar-refractivity contribution in [3.05, 3.63) is 12.2 Å². The van der Waals surface area contributed by atoms with E-state index in [2.05, 4.69) is 24.1 Å².